The van der Waals surface area contributed by atoms with E-state index in [0.717, 1.165) is 25.7 Å². The lowest BCUT2D eigenvalue weighted by Gasteiger charge is -2.25. The van der Waals surface area contributed by atoms with Crippen LogP contribution in [-0.2, 0) is 11.2 Å². The Morgan fingerprint density at radius 2 is 1.89 bits per heavy atom. The molecule has 104 valence electrons. The number of hydrogen-bond donors (Lipinski definition) is 1. The second kappa shape index (κ2) is 6.14. The van der Waals surface area contributed by atoms with Crippen molar-refractivity contribution < 1.29 is 14.3 Å². The summed E-state index contributed by atoms with van der Waals surface area (Å²) in [5.41, 5.74) is -0.620. The smallest absolute Gasteiger partial charge is 0.168 e. The van der Waals surface area contributed by atoms with Gasteiger partial charge in [-0.2, -0.15) is 0 Å². The van der Waals surface area contributed by atoms with Crippen LogP contribution in [0.1, 0.15) is 44.1 Å². The van der Waals surface area contributed by atoms with Crippen molar-refractivity contribution in [3.63, 3.8) is 0 Å². The molecule has 1 fully saturated rings. The minimum Gasteiger partial charge on any atom is -0.382 e. The number of benzene rings is 1. The van der Waals surface area contributed by atoms with E-state index in [-0.39, 0.29) is 18.0 Å². The third-order valence-electron chi connectivity index (χ3n) is 3.81. The molecule has 0 heterocycles. The van der Waals surface area contributed by atoms with Gasteiger partial charge in [0, 0.05) is 10.9 Å². The van der Waals surface area contributed by atoms with Crippen LogP contribution in [0.3, 0.4) is 0 Å². The highest BCUT2D eigenvalue weighted by molar-refractivity contribution is 9.10. The number of rotatable bonds is 3. The van der Waals surface area contributed by atoms with Gasteiger partial charge in [-0.15, -0.1) is 0 Å². The predicted octanol–water partition coefficient (Wildman–Crippen LogP) is 3.79. The Bertz CT molecular complexity index is 465. The fraction of sp³-hybridized carbons (Fsp3) is 0.533. The Morgan fingerprint density at radius 1 is 1.26 bits per heavy atom. The number of hydrogen-bond acceptors (Lipinski definition) is 2. The van der Waals surface area contributed by atoms with Gasteiger partial charge in [-0.05, 0) is 36.6 Å². The lowest BCUT2D eigenvalue weighted by atomic mass is 9.86. The van der Waals surface area contributed by atoms with E-state index >= 15 is 0 Å². The van der Waals surface area contributed by atoms with E-state index in [1.807, 2.05) is 0 Å². The van der Waals surface area contributed by atoms with E-state index in [4.69, 9.17) is 0 Å². The molecule has 0 saturated heterocycles. The number of Topliss-reactive ketones (excluding diaryl/α,β-unsaturated/α-hetero) is 1. The first-order valence-electron chi connectivity index (χ1n) is 6.71. The predicted molar refractivity (Wildman–Crippen MR) is 75.5 cm³/mol. The molecule has 0 bridgehead atoms. The maximum Gasteiger partial charge on any atom is 0.168 e. The van der Waals surface area contributed by atoms with E-state index in [2.05, 4.69) is 15.9 Å². The number of ketones is 1. The van der Waals surface area contributed by atoms with Crippen molar-refractivity contribution in [3.05, 3.63) is 34.1 Å². The van der Waals surface area contributed by atoms with E-state index in [9.17, 15) is 14.3 Å². The van der Waals surface area contributed by atoms with Crippen molar-refractivity contribution in [2.75, 3.05) is 0 Å². The third kappa shape index (κ3) is 3.63. The number of carbonyl (C=O) groups is 1. The van der Waals surface area contributed by atoms with Gasteiger partial charge in [0.2, 0.25) is 0 Å². The quantitative estimate of drug-likeness (QED) is 0.857. The summed E-state index contributed by atoms with van der Waals surface area (Å²) in [5.74, 6) is -0.556. The van der Waals surface area contributed by atoms with Gasteiger partial charge < -0.3 is 5.11 Å². The van der Waals surface area contributed by atoms with Crippen molar-refractivity contribution in [1.82, 2.24) is 0 Å². The second-order valence-electron chi connectivity index (χ2n) is 5.28. The Hall–Kier alpha value is -0.740. The molecule has 0 radical (unpaired) electrons. The van der Waals surface area contributed by atoms with Crippen LogP contribution in [-0.4, -0.2) is 16.5 Å². The number of aliphatic hydroxyl groups is 1. The molecule has 1 aliphatic carbocycles. The molecule has 0 aliphatic heterocycles. The Kier molecular flexibility index (Phi) is 4.74. The molecule has 1 aromatic rings. The highest BCUT2D eigenvalue weighted by Crippen LogP contribution is 2.30. The Labute approximate surface area is 121 Å². The Balaban J connectivity index is 2.13. The third-order valence-corrected chi connectivity index (χ3v) is 4.58. The van der Waals surface area contributed by atoms with Crippen LogP contribution >= 0.6 is 15.9 Å². The minimum absolute atomic E-state index is 0.0782. The van der Waals surface area contributed by atoms with Crippen LogP contribution in [0.2, 0.25) is 0 Å². The average molecular weight is 329 g/mol. The van der Waals surface area contributed by atoms with Gasteiger partial charge in [0.05, 0.1) is 0 Å². The molecule has 1 aromatic carbocycles. The summed E-state index contributed by atoms with van der Waals surface area (Å²) < 4.78 is 13.9. The fourth-order valence-corrected chi connectivity index (χ4v) is 3.00. The molecule has 0 spiro atoms. The molecule has 2 rings (SSSR count). The molecule has 0 aromatic heterocycles. The van der Waals surface area contributed by atoms with Gasteiger partial charge in [-0.3, -0.25) is 4.79 Å². The molecule has 4 heteroatoms. The summed E-state index contributed by atoms with van der Waals surface area (Å²) in [5, 5.41) is 10.5. The van der Waals surface area contributed by atoms with E-state index in [1.54, 1.807) is 6.07 Å². The zero-order valence-corrected chi connectivity index (χ0v) is 12.4. The van der Waals surface area contributed by atoms with Gasteiger partial charge in [-0.1, -0.05) is 41.6 Å². The summed E-state index contributed by atoms with van der Waals surface area (Å²) in [4.78, 5) is 12.3. The topological polar surface area (TPSA) is 37.3 Å². The molecule has 19 heavy (non-hydrogen) atoms. The van der Waals surface area contributed by atoms with E-state index < -0.39 is 5.60 Å². The summed E-state index contributed by atoms with van der Waals surface area (Å²) in [6.07, 6.45) is 5.03. The maximum atomic E-state index is 13.2. The molecule has 2 nitrogen and oxygen atoms in total. The summed E-state index contributed by atoms with van der Waals surface area (Å²) in [6, 6.07) is 4.29. The first-order valence-corrected chi connectivity index (χ1v) is 7.50. The zero-order valence-electron chi connectivity index (χ0n) is 10.8. The fourth-order valence-electron chi connectivity index (χ4n) is 2.61. The van der Waals surface area contributed by atoms with Crippen LogP contribution in [0.15, 0.2) is 22.7 Å². The monoisotopic (exact) mass is 328 g/mol. The highest BCUT2D eigenvalue weighted by Gasteiger charge is 2.35. The largest absolute Gasteiger partial charge is 0.382 e. The Morgan fingerprint density at radius 3 is 2.53 bits per heavy atom. The lowest BCUT2D eigenvalue weighted by molar-refractivity contribution is -0.138. The number of carbonyl (C=O) groups excluding carboxylic acids is 1. The van der Waals surface area contributed by atoms with Gasteiger partial charge in [0.1, 0.15) is 11.4 Å². The average Bonchev–Trinajstić information content (AvgIpc) is 2.60. The standard InChI is InChI=1S/C15H18BrFO2/c16-13-6-5-12(17)9-11(13)10-14(18)15(19)7-3-1-2-4-8-15/h5-6,9,19H,1-4,7-8,10H2. The second-order valence-corrected chi connectivity index (χ2v) is 6.14. The highest BCUT2D eigenvalue weighted by atomic mass is 79.9. The van der Waals surface area contributed by atoms with Crippen LogP contribution < -0.4 is 0 Å². The maximum absolute atomic E-state index is 13.2. The first kappa shape index (κ1) is 14.7. The molecular weight excluding hydrogens is 311 g/mol. The summed E-state index contributed by atoms with van der Waals surface area (Å²) in [6.45, 7) is 0. The normalized spacial score (nSPS) is 18.9. The van der Waals surface area contributed by atoms with Crippen molar-refractivity contribution in [3.8, 4) is 0 Å². The zero-order chi connectivity index (χ0) is 13.9. The summed E-state index contributed by atoms with van der Waals surface area (Å²) >= 11 is 3.32. The van der Waals surface area contributed by atoms with Crippen molar-refractivity contribution in [2.45, 2.75) is 50.5 Å². The van der Waals surface area contributed by atoms with Gasteiger partial charge in [0.15, 0.2) is 5.78 Å². The lowest BCUT2D eigenvalue weighted by Crippen LogP contribution is -2.39. The molecule has 0 atom stereocenters. The SMILES string of the molecule is O=C(Cc1cc(F)ccc1Br)C1(O)CCCCCC1. The molecule has 0 amide bonds. The van der Waals surface area contributed by atoms with Crippen LogP contribution in [0.25, 0.3) is 0 Å². The molecule has 1 saturated carbocycles. The van der Waals surface area contributed by atoms with Crippen molar-refractivity contribution >= 4 is 21.7 Å². The van der Waals surface area contributed by atoms with Crippen LogP contribution in [0.4, 0.5) is 4.39 Å². The minimum atomic E-state index is -1.22. The van der Waals surface area contributed by atoms with Gasteiger partial charge in [0.25, 0.3) is 0 Å². The van der Waals surface area contributed by atoms with Crippen LogP contribution in [0, 0.1) is 5.82 Å². The number of halogens is 2. The molecular formula is C15H18BrFO2. The van der Waals surface area contributed by atoms with Gasteiger partial charge in [-0.25, -0.2) is 4.39 Å². The van der Waals surface area contributed by atoms with Crippen molar-refractivity contribution in [1.29, 1.82) is 0 Å². The molecule has 0 unspecified atom stereocenters. The van der Waals surface area contributed by atoms with Crippen molar-refractivity contribution in [2.24, 2.45) is 0 Å². The first-order chi connectivity index (χ1) is 9.01. The van der Waals surface area contributed by atoms with Gasteiger partial charge >= 0.3 is 0 Å². The van der Waals surface area contributed by atoms with E-state index in [1.165, 1.54) is 12.1 Å². The van der Waals surface area contributed by atoms with Crippen LogP contribution in [0.5, 0.6) is 0 Å². The van der Waals surface area contributed by atoms with E-state index in [0.29, 0.717) is 22.9 Å². The molecule has 1 N–H and O–H groups in total. The summed E-state index contributed by atoms with van der Waals surface area (Å²) in [7, 11) is 0. The molecule has 1 aliphatic rings.